The third-order valence-corrected chi connectivity index (χ3v) is 4.09. The van der Waals surface area contributed by atoms with Gasteiger partial charge in [-0.25, -0.2) is 0 Å². The molecule has 1 aromatic carbocycles. The smallest absolute Gasteiger partial charge is 0.243 e. The zero-order valence-corrected chi connectivity index (χ0v) is 11.2. The fourth-order valence-electron chi connectivity index (χ4n) is 1.38. The fourth-order valence-corrected chi connectivity index (χ4v) is 3.13. The lowest BCUT2D eigenvalue weighted by Crippen LogP contribution is -2.28. The van der Waals surface area contributed by atoms with Gasteiger partial charge in [-0.15, -0.1) is 0 Å². The van der Waals surface area contributed by atoms with Crippen LogP contribution < -0.4 is 4.90 Å². The summed E-state index contributed by atoms with van der Waals surface area (Å²) in [5.74, 6) is 0.494. The van der Waals surface area contributed by atoms with Crippen LogP contribution in [0, 0.1) is 6.92 Å². The number of hydrogen-bond donors (Lipinski definition) is 0. The van der Waals surface area contributed by atoms with Gasteiger partial charge in [0, 0.05) is 4.47 Å². The molecule has 1 fully saturated rings. The van der Waals surface area contributed by atoms with Gasteiger partial charge in [0.15, 0.2) is 0 Å². The number of carbonyl (C=O) groups is 1. The number of benzene rings is 1. The van der Waals surface area contributed by atoms with Crippen LogP contribution in [0.25, 0.3) is 0 Å². The van der Waals surface area contributed by atoms with E-state index in [2.05, 4.69) is 15.9 Å². The average Bonchev–Trinajstić information content (AvgIpc) is 2.48. The topological polar surface area (TPSA) is 20.3 Å². The summed E-state index contributed by atoms with van der Waals surface area (Å²) in [5.41, 5.74) is 1.98. The summed E-state index contributed by atoms with van der Waals surface area (Å²) >= 11 is 10.00. The largest absolute Gasteiger partial charge is 0.273 e. The van der Waals surface area contributed by atoms with E-state index in [1.165, 1.54) is 11.8 Å². The van der Waals surface area contributed by atoms with Crippen molar-refractivity contribution in [3.63, 3.8) is 0 Å². The van der Waals surface area contributed by atoms with Gasteiger partial charge in [0.1, 0.15) is 4.32 Å². The van der Waals surface area contributed by atoms with Crippen molar-refractivity contribution in [1.29, 1.82) is 0 Å². The normalized spacial score (nSPS) is 16.3. The molecular weight excluding hydrogens is 294 g/mol. The van der Waals surface area contributed by atoms with Crippen molar-refractivity contribution in [2.24, 2.45) is 0 Å². The van der Waals surface area contributed by atoms with Crippen LogP contribution >= 0.6 is 39.9 Å². The molecule has 1 saturated heterocycles. The first-order valence-corrected chi connectivity index (χ1v) is 6.54. The summed E-state index contributed by atoms with van der Waals surface area (Å²) in [6.07, 6.45) is 0. The van der Waals surface area contributed by atoms with Crippen molar-refractivity contribution in [1.82, 2.24) is 0 Å². The Morgan fingerprint density at radius 3 is 2.80 bits per heavy atom. The van der Waals surface area contributed by atoms with Gasteiger partial charge in [0.2, 0.25) is 5.91 Å². The standard InChI is InChI=1S/C10H8BrNOS2/c1-6-2-3-8(7(11)4-6)12-9(13)5-15-10(12)14/h2-4H,5H2,1H3. The second-order valence-corrected chi connectivity index (χ2v) is 5.70. The van der Waals surface area contributed by atoms with Crippen LogP contribution in [0.15, 0.2) is 22.7 Å². The van der Waals surface area contributed by atoms with E-state index in [9.17, 15) is 4.79 Å². The maximum atomic E-state index is 11.6. The lowest BCUT2D eigenvalue weighted by Gasteiger charge is -2.16. The van der Waals surface area contributed by atoms with E-state index in [1.54, 1.807) is 4.90 Å². The zero-order valence-electron chi connectivity index (χ0n) is 7.99. The van der Waals surface area contributed by atoms with Crippen molar-refractivity contribution in [3.05, 3.63) is 28.2 Å². The molecule has 0 N–H and O–H groups in total. The highest BCUT2D eigenvalue weighted by atomic mass is 79.9. The molecule has 1 aliphatic heterocycles. The number of rotatable bonds is 1. The fraction of sp³-hybridized carbons (Fsp3) is 0.200. The number of nitrogens with zero attached hydrogens (tertiary/aromatic N) is 1. The van der Waals surface area contributed by atoms with Gasteiger partial charge in [0.05, 0.1) is 11.4 Å². The molecule has 15 heavy (non-hydrogen) atoms. The van der Waals surface area contributed by atoms with Gasteiger partial charge >= 0.3 is 0 Å². The predicted molar refractivity (Wildman–Crippen MR) is 71.4 cm³/mol. The molecule has 78 valence electrons. The van der Waals surface area contributed by atoms with Gasteiger partial charge in [-0.3, -0.25) is 9.69 Å². The Labute approximate surface area is 106 Å². The highest BCUT2D eigenvalue weighted by molar-refractivity contribution is 9.10. The van der Waals surface area contributed by atoms with E-state index in [0.717, 1.165) is 15.7 Å². The second-order valence-electron chi connectivity index (χ2n) is 3.24. The first kappa shape index (κ1) is 11.1. The van der Waals surface area contributed by atoms with Crippen molar-refractivity contribution >= 4 is 55.8 Å². The van der Waals surface area contributed by atoms with Crippen molar-refractivity contribution in [2.45, 2.75) is 6.92 Å². The van der Waals surface area contributed by atoms with Crippen LogP contribution in [0.2, 0.25) is 0 Å². The Hall–Kier alpha value is -0.390. The van der Waals surface area contributed by atoms with Gasteiger partial charge in [-0.1, -0.05) is 30.0 Å². The minimum absolute atomic E-state index is 0.0505. The molecule has 1 aromatic rings. The lowest BCUT2D eigenvalue weighted by molar-refractivity contribution is -0.115. The number of aryl methyl sites for hydroxylation is 1. The lowest BCUT2D eigenvalue weighted by atomic mass is 10.2. The molecule has 0 aliphatic carbocycles. The summed E-state index contributed by atoms with van der Waals surface area (Å²) in [6, 6.07) is 5.86. The predicted octanol–water partition coefficient (Wildman–Crippen LogP) is 3.12. The third kappa shape index (κ3) is 2.09. The van der Waals surface area contributed by atoms with E-state index in [-0.39, 0.29) is 5.91 Å². The molecule has 5 heteroatoms. The van der Waals surface area contributed by atoms with Crippen LogP contribution in [0.1, 0.15) is 5.56 Å². The minimum atomic E-state index is 0.0505. The van der Waals surface area contributed by atoms with Crippen LogP contribution in [0.4, 0.5) is 5.69 Å². The Balaban J connectivity index is 2.45. The van der Waals surface area contributed by atoms with E-state index in [1.807, 2.05) is 25.1 Å². The SMILES string of the molecule is Cc1ccc(N2C(=O)CSC2=S)c(Br)c1. The molecule has 1 amide bonds. The van der Waals surface area contributed by atoms with Crippen LogP contribution in [0.3, 0.4) is 0 Å². The Morgan fingerprint density at radius 1 is 1.53 bits per heavy atom. The average molecular weight is 302 g/mol. The van der Waals surface area contributed by atoms with Crippen LogP contribution in [-0.4, -0.2) is 16.0 Å². The molecule has 0 atom stereocenters. The van der Waals surface area contributed by atoms with E-state index >= 15 is 0 Å². The zero-order chi connectivity index (χ0) is 11.0. The van der Waals surface area contributed by atoms with Gasteiger partial charge < -0.3 is 0 Å². The van der Waals surface area contributed by atoms with Gasteiger partial charge in [0.25, 0.3) is 0 Å². The monoisotopic (exact) mass is 301 g/mol. The maximum Gasteiger partial charge on any atom is 0.243 e. The van der Waals surface area contributed by atoms with Gasteiger partial charge in [-0.2, -0.15) is 0 Å². The molecule has 0 bridgehead atoms. The summed E-state index contributed by atoms with van der Waals surface area (Å²) in [6.45, 7) is 2.01. The molecule has 0 aromatic heterocycles. The molecule has 2 rings (SSSR count). The molecule has 2 nitrogen and oxygen atoms in total. The summed E-state index contributed by atoms with van der Waals surface area (Å²) in [4.78, 5) is 13.2. The molecular formula is C10H8BrNOS2. The number of carbonyl (C=O) groups excluding carboxylic acids is 1. The molecule has 1 heterocycles. The molecule has 0 saturated carbocycles. The summed E-state index contributed by atoms with van der Waals surface area (Å²) in [7, 11) is 0. The minimum Gasteiger partial charge on any atom is -0.273 e. The van der Waals surface area contributed by atoms with Crippen LogP contribution in [-0.2, 0) is 4.79 Å². The summed E-state index contributed by atoms with van der Waals surface area (Å²) in [5, 5.41) is 0. The number of amides is 1. The van der Waals surface area contributed by atoms with E-state index in [4.69, 9.17) is 12.2 Å². The number of halogens is 1. The molecule has 1 aliphatic rings. The number of hydrogen-bond acceptors (Lipinski definition) is 3. The molecule has 0 spiro atoms. The van der Waals surface area contributed by atoms with E-state index < -0.39 is 0 Å². The maximum absolute atomic E-state index is 11.6. The van der Waals surface area contributed by atoms with Crippen LogP contribution in [0.5, 0.6) is 0 Å². The third-order valence-electron chi connectivity index (χ3n) is 2.10. The first-order chi connectivity index (χ1) is 7.09. The Bertz CT molecular complexity index is 431. The Morgan fingerprint density at radius 2 is 2.27 bits per heavy atom. The van der Waals surface area contributed by atoms with Crippen molar-refractivity contribution in [2.75, 3.05) is 10.7 Å². The van der Waals surface area contributed by atoms with Gasteiger partial charge in [-0.05, 0) is 40.5 Å². The van der Waals surface area contributed by atoms with Crippen molar-refractivity contribution in [3.8, 4) is 0 Å². The highest BCUT2D eigenvalue weighted by Gasteiger charge is 2.29. The first-order valence-electron chi connectivity index (χ1n) is 4.35. The van der Waals surface area contributed by atoms with Crippen molar-refractivity contribution < 1.29 is 4.79 Å². The number of thioether (sulfide) groups is 1. The summed E-state index contributed by atoms with van der Waals surface area (Å²) < 4.78 is 1.53. The molecule has 0 unspecified atom stereocenters. The Kier molecular flexibility index (Phi) is 3.13. The van der Waals surface area contributed by atoms with E-state index in [0.29, 0.717) is 10.1 Å². The number of anilines is 1. The quantitative estimate of drug-likeness (QED) is 0.743. The number of thiocarbonyl (C=S) groups is 1. The second kappa shape index (κ2) is 4.23. The highest BCUT2D eigenvalue weighted by Crippen LogP contribution is 2.33. The molecule has 0 radical (unpaired) electrons.